The lowest BCUT2D eigenvalue weighted by Crippen LogP contribution is -2.32. The van der Waals surface area contributed by atoms with Crippen molar-refractivity contribution in [3.63, 3.8) is 0 Å². The summed E-state index contributed by atoms with van der Waals surface area (Å²) >= 11 is 0. The highest BCUT2D eigenvalue weighted by Crippen LogP contribution is 2.13. The third kappa shape index (κ3) is 5.87. The summed E-state index contributed by atoms with van der Waals surface area (Å²) in [7, 11) is 0. The first-order valence-electron chi connectivity index (χ1n) is 7.81. The Morgan fingerprint density at radius 3 is 2.44 bits per heavy atom. The summed E-state index contributed by atoms with van der Waals surface area (Å²) < 4.78 is 25.9. The number of nitrogens with one attached hydrogen (secondary N) is 4. The van der Waals surface area contributed by atoms with Crippen LogP contribution < -0.4 is 21.3 Å². The quantitative estimate of drug-likeness (QED) is 0.577. The molecule has 0 bridgehead atoms. The minimum absolute atomic E-state index is 0.172. The SMILES string of the molecule is CCNc1cc(NCCNC(=O)Nc2ccc(F)c(F)c2)nc(C)n1. The fourth-order valence-electron chi connectivity index (χ4n) is 2.05. The normalized spacial score (nSPS) is 10.2. The van der Waals surface area contributed by atoms with Crippen LogP contribution in [-0.4, -0.2) is 35.6 Å². The molecular weight excluding hydrogens is 330 g/mol. The van der Waals surface area contributed by atoms with Crippen LogP contribution in [0.15, 0.2) is 24.3 Å². The van der Waals surface area contributed by atoms with E-state index in [2.05, 4.69) is 31.2 Å². The second-order valence-corrected chi connectivity index (χ2v) is 5.15. The molecule has 0 unspecified atom stereocenters. The van der Waals surface area contributed by atoms with E-state index >= 15 is 0 Å². The van der Waals surface area contributed by atoms with Gasteiger partial charge in [0, 0.05) is 37.5 Å². The summed E-state index contributed by atoms with van der Waals surface area (Å²) in [6, 6.07) is 4.41. The third-order valence-electron chi connectivity index (χ3n) is 3.09. The molecule has 4 N–H and O–H groups in total. The van der Waals surface area contributed by atoms with Crippen LogP contribution in [0.2, 0.25) is 0 Å². The summed E-state index contributed by atoms with van der Waals surface area (Å²) in [6.07, 6.45) is 0. The molecule has 7 nitrogen and oxygen atoms in total. The number of nitrogens with zero attached hydrogens (tertiary/aromatic N) is 2. The number of carbonyl (C=O) groups excluding carboxylic acids is 1. The average Bonchev–Trinajstić information content (AvgIpc) is 2.55. The van der Waals surface area contributed by atoms with Crippen LogP contribution >= 0.6 is 0 Å². The molecule has 25 heavy (non-hydrogen) atoms. The zero-order valence-electron chi connectivity index (χ0n) is 14.0. The monoisotopic (exact) mass is 350 g/mol. The molecule has 0 fully saturated rings. The fraction of sp³-hybridized carbons (Fsp3) is 0.312. The lowest BCUT2D eigenvalue weighted by Gasteiger charge is -2.10. The molecule has 0 radical (unpaired) electrons. The van der Waals surface area contributed by atoms with Crippen LogP contribution in [-0.2, 0) is 0 Å². The second kappa shape index (κ2) is 8.76. The number of aromatic nitrogens is 2. The molecule has 2 amide bonds. The van der Waals surface area contributed by atoms with Gasteiger partial charge in [0.1, 0.15) is 17.5 Å². The number of anilines is 3. The highest BCUT2D eigenvalue weighted by Gasteiger charge is 2.06. The van der Waals surface area contributed by atoms with Gasteiger partial charge in [0.25, 0.3) is 0 Å². The van der Waals surface area contributed by atoms with Gasteiger partial charge in [0.15, 0.2) is 11.6 Å². The van der Waals surface area contributed by atoms with E-state index in [-0.39, 0.29) is 5.69 Å². The van der Waals surface area contributed by atoms with E-state index in [0.29, 0.717) is 24.7 Å². The number of aryl methyl sites for hydroxylation is 1. The Hall–Kier alpha value is -2.97. The molecule has 0 saturated carbocycles. The minimum Gasteiger partial charge on any atom is -0.370 e. The van der Waals surface area contributed by atoms with E-state index in [1.807, 2.05) is 6.92 Å². The van der Waals surface area contributed by atoms with E-state index in [0.717, 1.165) is 24.5 Å². The summed E-state index contributed by atoms with van der Waals surface area (Å²) in [6.45, 7) is 5.27. The zero-order valence-corrected chi connectivity index (χ0v) is 14.0. The van der Waals surface area contributed by atoms with Crippen molar-refractivity contribution in [2.24, 2.45) is 0 Å². The molecule has 134 valence electrons. The Bertz CT molecular complexity index is 741. The number of hydrogen-bond acceptors (Lipinski definition) is 5. The highest BCUT2D eigenvalue weighted by atomic mass is 19.2. The molecule has 0 aliphatic rings. The Kier molecular flexibility index (Phi) is 6.44. The lowest BCUT2D eigenvalue weighted by atomic mass is 10.3. The smallest absolute Gasteiger partial charge is 0.319 e. The van der Waals surface area contributed by atoms with E-state index < -0.39 is 17.7 Å². The number of rotatable bonds is 7. The number of amides is 2. The first-order valence-corrected chi connectivity index (χ1v) is 7.81. The first-order chi connectivity index (χ1) is 12.0. The van der Waals surface area contributed by atoms with Crippen molar-refractivity contribution in [1.29, 1.82) is 0 Å². The van der Waals surface area contributed by atoms with Gasteiger partial charge in [-0.25, -0.2) is 23.5 Å². The molecule has 2 rings (SSSR count). The van der Waals surface area contributed by atoms with Crippen molar-refractivity contribution in [2.75, 3.05) is 35.6 Å². The fourth-order valence-corrected chi connectivity index (χ4v) is 2.05. The van der Waals surface area contributed by atoms with E-state index in [4.69, 9.17) is 0 Å². The zero-order chi connectivity index (χ0) is 18.2. The molecule has 1 aromatic heterocycles. The van der Waals surface area contributed by atoms with Gasteiger partial charge in [-0.15, -0.1) is 0 Å². The summed E-state index contributed by atoms with van der Waals surface area (Å²) in [5.74, 6) is 0.0140. The summed E-state index contributed by atoms with van der Waals surface area (Å²) in [4.78, 5) is 20.2. The molecule has 0 atom stereocenters. The molecule has 0 spiro atoms. The van der Waals surface area contributed by atoms with Crippen LogP contribution in [0, 0.1) is 18.6 Å². The van der Waals surface area contributed by atoms with Gasteiger partial charge in [0.2, 0.25) is 0 Å². The number of urea groups is 1. The lowest BCUT2D eigenvalue weighted by molar-refractivity contribution is 0.252. The van der Waals surface area contributed by atoms with Gasteiger partial charge in [-0.1, -0.05) is 0 Å². The molecule has 1 aromatic carbocycles. The number of benzene rings is 1. The second-order valence-electron chi connectivity index (χ2n) is 5.15. The standard InChI is InChI=1S/C16H20F2N6O/c1-3-19-14-9-15(23-10(2)22-14)20-6-7-21-16(25)24-11-4-5-12(17)13(18)8-11/h4-5,8-9H,3,6-7H2,1-2H3,(H2,21,24,25)(H2,19,20,22,23). The maximum Gasteiger partial charge on any atom is 0.319 e. The Morgan fingerprint density at radius 1 is 1.04 bits per heavy atom. The number of hydrogen-bond donors (Lipinski definition) is 4. The van der Waals surface area contributed by atoms with Crippen LogP contribution in [0.5, 0.6) is 0 Å². The molecule has 0 aliphatic carbocycles. The van der Waals surface area contributed by atoms with Crippen molar-refractivity contribution in [3.05, 3.63) is 41.7 Å². The molecule has 9 heteroatoms. The van der Waals surface area contributed by atoms with Gasteiger partial charge in [-0.3, -0.25) is 0 Å². The highest BCUT2D eigenvalue weighted by molar-refractivity contribution is 5.89. The predicted octanol–water partition coefficient (Wildman–Crippen LogP) is 2.73. The predicted molar refractivity (Wildman–Crippen MR) is 92.8 cm³/mol. The van der Waals surface area contributed by atoms with Gasteiger partial charge in [-0.2, -0.15) is 0 Å². The van der Waals surface area contributed by atoms with E-state index in [1.165, 1.54) is 6.07 Å². The topological polar surface area (TPSA) is 91.0 Å². The summed E-state index contributed by atoms with van der Waals surface area (Å²) in [5, 5.41) is 11.2. The van der Waals surface area contributed by atoms with E-state index in [9.17, 15) is 13.6 Å². The van der Waals surface area contributed by atoms with Crippen molar-refractivity contribution in [1.82, 2.24) is 15.3 Å². The largest absolute Gasteiger partial charge is 0.370 e. The van der Waals surface area contributed by atoms with Crippen molar-refractivity contribution < 1.29 is 13.6 Å². The van der Waals surface area contributed by atoms with Crippen LogP contribution in [0.1, 0.15) is 12.7 Å². The van der Waals surface area contributed by atoms with Crippen molar-refractivity contribution in [2.45, 2.75) is 13.8 Å². The molecule has 1 heterocycles. The Labute approximate surface area is 144 Å². The van der Waals surface area contributed by atoms with E-state index in [1.54, 1.807) is 13.0 Å². The van der Waals surface area contributed by atoms with Crippen molar-refractivity contribution >= 4 is 23.4 Å². The van der Waals surface area contributed by atoms with Gasteiger partial charge >= 0.3 is 6.03 Å². The van der Waals surface area contributed by atoms with Crippen LogP contribution in [0.4, 0.5) is 30.9 Å². The van der Waals surface area contributed by atoms with Gasteiger partial charge in [-0.05, 0) is 26.0 Å². The minimum atomic E-state index is -1.02. The molecular formula is C16H20F2N6O. The third-order valence-corrected chi connectivity index (χ3v) is 3.09. The van der Waals surface area contributed by atoms with Gasteiger partial charge < -0.3 is 21.3 Å². The number of carbonyl (C=O) groups is 1. The molecule has 0 aliphatic heterocycles. The van der Waals surface area contributed by atoms with Crippen LogP contribution in [0.25, 0.3) is 0 Å². The first kappa shape index (κ1) is 18.4. The Balaban J connectivity index is 1.77. The maximum atomic E-state index is 13.1. The van der Waals surface area contributed by atoms with Crippen LogP contribution in [0.3, 0.4) is 0 Å². The Morgan fingerprint density at radius 2 is 1.76 bits per heavy atom. The molecule has 2 aromatic rings. The van der Waals surface area contributed by atoms with Gasteiger partial charge in [0.05, 0.1) is 0 Å². The summed E-state index contributed by atoms with van der Waals surface area (Å²) in [5.41, 5.74) is 0.172. The molecule has 0 saturated heterocycles. The average molecular weight is 350 g/mol. The number of halogens is 2. The maximum absolute atomic E-state index is 13.1. The van der Waals surface area contributed by atoms with Crippen molar-refractivity contribution in [3.8, 4) is 0 Å².